The number of oxime groups is 1. The third-order valence-electron chi connectivity index (χ3n) is 2.97. The van der Waals surface area contributed by atoms with E-state index in [4.69, 9.17) is 38.5 Å². The summed E-state index contributed by atoms with van der Waals surface area (Å²) in [6.45, 7) is 0. The van der Waals surface area contributed by atoms with E-state index in [1.54, 1.807) is 49.6 Å². The maximum atomic E-state index is 11.7. The fraction of sp³-hybridized carbons (Fsp3) is 0.0588. The van der Waals surface area contributed by atoms with Crippen molar-refractivity contribution in [3.05, 3.63) is 69.7 Å². The van der Waals surface area contributed by atoms with Gasteiger partial charge in [0.15, 0.2) is 5.84 Å². The maximum absolute atomic E-state index is 11.7. The van der Waals surface area contributed by atoms with Crippen LogP contribution in [0.1, 0.15) is 11.1 Å². The van der Waals surface area contributed by atoms with Gasteiger partial charge in [-0.1, -0.05) is 40.5 Å². The van der Waals surface area contributed by atoms with Crippen LogP contribution in [0.5, 0.6) is 5.75 Å². The van der Waals surface area contributed by atoms with Crippen molar-refractivity contribution in [2.45, 2.75) is 0 Å². The second-order valence-electron chi connectivity index (χ2n) is 4.62. The fourth-order valence-electron chi connectivity index (χ4n) is 1.75. The summed E-state index contributed by atoms with van der Waals surface area (Å²) in [4.78, 5) is 16.4. The van der Waals surface area contributed by atoms with Crippen LogP contribution in [-0.2, 0) is 9.63 Å². The average Bonchev–Trinajstić information content (AvgIpc) is 2.58. The first kappa shape index (κ1) is 17.8. The summed E-state index contributed by atoms with van der Waals surface area (Å²) in [5.74, 6) is 0.0358. The summed E-state index contributed by atoms with van der Waals surface area (Å²) >= 11 is 11.8. The van der Waals surface area contributed by atoms with Gasteiger partial charge in [-0.25, -0.2) is 4.79 Å². The van der Waals surface area contributed by atoms with Crippen LogP contribution < -0.4 is 10.5 Å². The molecular weight excluding hydrogens is 351 g/mol. The van der Waals surface area contributed by atoms with Gasteiger partial charge in [-0.15, -0.1) is 0 Å². The number of benzene rings is 2. The van der Waals surface area contributed by atoms with E-state index in [9.17, 15) is 4.79 Å². The summed E-state index contributed by atoms with van der Waals surface area (Å²) in [6.07, 6.45) is 2.82. The van der Waals surface area contributed by atoms with Gasteiger partial charge < -0.3 is 15.3 Å². The van der Waals surface area contributed by atoms with Gasteiger partial charge in [0.2, 0.25) is 0 Å². The molecule has 0 saturated heterocycles. The molecule has 124 valence electrons. The van der Waals surface area contributed by atoms with Crippen molar-refractivity contribution in [3.63, 3.8) is 0 Å². The van der Waals surface area contributed by atoms with Gasteiger partial charge in [0.1, 0.15) is 5.75 Å². The van der Waals surface area contributed by atoms with Gasteiger partial charge in [0.05, 0.1) is 12.1 Å². The summed E-state index contributed by atoms with van der Waals surface area (Å²) in [5, 5.41) is 4.35. The third-order valence-corrected chi connectivity index (χ3v) is 3.52. The molecule has 2 aromatic rings. The Bertz CT molecular complexity index is 787. The van der Waals surface area contributed by atoms with Crippen molar-refractivity contribution < 1.29 is 14.4 Å². The summed E-state index contributed by atoms with van der Waals surface area (Å²) in [7, 11) is 1.58. The highest BCUT2D eigenvalue weighted by Gasteiger charge is 2.07. The van der Waals surface area contributed by atoms with Crippen molar-refractivity contribution in [3.8, 4) is 5.75 Å². The van der Waals surface area contributed by atoms with Gasteiger partial charge >= 0.3 is 5.97 Å². The molecule has 24 heavy (non-hydrogen) atoms. The lowest BCUT2D eigenvalue weighted by Gasteiger charge is -2.03. The monoisotopic (exact) mass is 364 g/mol. The van der Waals surface area contributed by atoms with Crippen LogP contribution in [0.15, 0.2) is 53.7 Å². The number of nitrogens with two attached hydrogens (primary N) is 1. The molecule has 7 heteroatoms. The first-order valence-corrected chi connectivity index (χ1v) is 7.57. The Morgan fingerprint density at radius 3 is 2.50 bits per heavy atom. The van der Waals surface area contributed by atoms with Crippen LogP contribution in [0.4, 0.5) is 0 Å². The zero-order chi connectivity index (χ0) is 17.5. The second kappa shape index (κ2) is 8.38. The molecule has 0 spiro atoms. The number of amidine groups is 1. The molecule has 0 unspecified atom stereocenters. The van der Waals surface area contributed by atoms with Gasteiger partial charge in [0.25, 0.3) is 0 Å². The molecule has 2 N–H and O–H groups in total. The number of halogens is 2. The molecule has 0 amide bonds. The lowest BCUT2D eigenvalue weighted by Crippen LogP contribution is -2.15. The van der Waals surface area contributed by atoms with E-state index in [0.29, 0.717) is 15.6 Å². The molecule has 0 heterocycles. The summed E-state index contributed by atoms with van der Waals surface area (Å²) < 4.78 is 5.05. The minimum absolute atomic E-state index is 0.0251. The Morgan fingerprint density at radius 1 is 1.17 bits per heavy atom. The predicted octanol–water partition coefficient (Wildman–Crippen LogP) is 3.88. The van der Waals surface area contributed by atoms with Crippen molar-refractivity contribution in [2.24, 2.45) is 10.9 Å². The highest BCUT2D eigenvalue weighted by atomic mass is 35.5. The predicted molar refractivity (Wildman–Crippen MR) is 95.3 cm³/mol. The summed E-state index contributed by atoms with van der Waals surface area (Å²) in [5.41, 5.74) is 6.98. The molecule has 0 fully saturated rings. The Balaban J connectivity index is 1.99. The molecule has 2 aromatic carbocycles. The number of methoxy groups -OCH3 is 1. The lowest BCUT2D eigenvalue weighted by molar-refractivity contribution is -0.137. The van der Waals surface area contributed by atoms with Gasteiger partial charge in [-0.2, -0.15) is 0 Å². The number of hydrogen-bond acceptors (Lipinski definition) is 4. The molecule has 0 aromatic heterocycles. The van der Waals surface area contributed by atoms with E-state index in [2.05, 4.69) is 5.16 Å². The van der Waals surface area contributed by atoms with E-state index < -0.39 is 5.97 Å². The van der Waals surface area contributed by atoms with Crippen molar-refractivity contribution in [1.29, 1.82) is 0 Å². The van der Waals surface area contributed by atoms with Crippen LogP contribution in [0.2, 0.25) is 10.0 Å². The molecule has 0 radical (unpaired) electrons. The third kappa shape index (κ3) is 5.01. The minimum atomic E-state index is -0.668. The van der Waals surface area contributed by atoms with Crippen LogP contribution in [0, 0.1) is 0 Å². The Kier molecular flexibility index (Phi) is 6.23. The normalized spacial score (nSPS) is 11.5. The Morgan fingerprint density at radius 2 is 1.88 bits per heavy atom. The Hall–Kier alpha value is -2.50. The number of hydrogen-bond donors (Lipinski definition) is 1. The van der Waals surface area contributed by atoms with E-state index in [0.717, 1.165) is 11.3 Å². The van der Waals surface area contributed by atoms with Crippen LogP contribution >= 0.6 is 23.2 Å². The number of rotatable bonds is 5. The van der Waals surface area contributed by atoms with Crippen LogP contribution in [-0.4, -0.2) is 18.9 Å². The number of carbonyl (C=O) groups excluding carboxylic acids is 1. The van der Waals surface area contributed by atoms with Gasteiger partial charge in [0, 0.05) is 16.7 Å². The molecule has 0 saturated carbocycles. The molecule has 0 aliphatic heterocycles. The van der Waals surface area contributed by atoms with E-state index in [1.165, 1.54) is 12.1 Å². The van der Waals surface area contributed by atoms with Gasteiger partial charge in [-0.3, -0.25) is 0 Å². The zero-order valence-electron chi connectivity index (χ0n) is 12.7. The Labute approximate surface area is 149 Å². The number of nitrogens with zero attached hydrogens (tertiary/aromatic N) is 1. The second-order valence-corrected chi connectivity index (χ2v) is 5.46. The topological polar surface area (TPSA) is 73.9 Å². The first-order valence-electron chi connectivity index (χ1n) is 6.81. The van der Waals surface area contributed by atoms with E-state index >= 15 is 0 Å². The van der Waals surface area contributed by atoms with Crippen molar-refractivity contribution >= 4 is 41.1 Å². The average molecular weight is 365 g/mol. The van der Waals surface area contributed by atoms with Crippen molar-refractivity contribution in [2.75, 3.05) is 7.11 Å². The van der Waals surface area contributed by atoms with Crippen molar-refractivity contribution in [1.82, 2.24) is 0 Å². The molecule has 0 bridgehead atoms. The van der Waals surface area contributed by atoms with Gasteiger partial charge in [-0.05, 0) is 42.0 Å². The quantitative estimate of drug-likeness (QED) is 0.287. The molecule has 0 aliphatic rings. The molecule has 2 rings (SSSR count). The highest BCUT2D eigenvalue weighted by Crippen LogP contribution is 2.20. The first-order chi connectivity index (χ1) is 11.5. The number of ether oxygens (including phenoxy) is 1. The largest absolute Gasteiger partial charge is 0.497 e. The van der Waals surface area contributed by atoms with E-state index in [1.807, 2.05) is 0 Å². The van der Waals surface area contributed by atoms with Crippen LogP contribution in [0.3, 0.4) is 0 Å². The standard InChI is InChI=1S/C17H14Cl2N2O3/c1-23-13-6-2-11(3-7-13)4-9-16(22)24-21-17(20)14-8-5-12(18)10-15(14)19/h2-10H,1H3,(H2,20,21)/b9-4+. The maximum Gasteiger partial charge on any atom is 0.358 e. The highest BCUT2D eigenvalue weighted by molar-refractivity contribution is 6.36. The van der Waals surface area contributed by atoms with E-state index in [-0.39, 0.29) is 5.84 Å². The molecule has 0 atom stereocenters. The molecule has 5 nitrogen and oxygen atoms in total. The minimum Gasteiger partial charge on any atom is -0.497 e. The fourth-order valence-corrected chi connectivity index (χ4v) is 2.26. The summed E-state index contributed by atoms with van der Waals surface area (Å²) in [6, 6.07) is 11.9. The smallest absolute Gasteiger partial charge is 0.358 e. The zero-order valence-corrected chi connectivity index (χ0v) is 14.2. The van der Waals surface area contributed by atoms with Crippen LogP contribution in [0.25, 0.3) is 6.08 Å². The SMILES string of the molecule is COc1ccc(/C=C/C(=O)O/N=C(\N)c2ccc(Cl)cc2Cl)cc1. The molecular formula is C17H14Cl2N2O3. The number of carbonyl (C=O) groups is 1. The lowest BCUT2D eigenvalue weighted by atomic mass is 10.2. The molecule has 0 aliphatic carbocycles.